The topological polar surface area (TPSA) is 50.7 Å². The van der Waals surface area contributed by atoms with E-state index in [0.29, 0.717) is 47.7 Å². The van der Waals surface area contributed by atoms with Gasteiger partial charge in [0.15, 0.2) is 11.5 Å². The van der Waals surface area contributed by atoms with E-state index < -0.39 is 0 Å². The minimum Gasteiger partial charge on any atom is -0.490 e. The predicted octanol–water partition coefficient (Wildman–Crippen LogP) is 4.44. The number of ether oxygens (including phenoxy) is 2. The van der Waals surface area contributed by atoms with Crippen LogP contribution < -0.4 is 14.8 Å². The van der Waals surface area contributed by atoms with Crippen molar-refractivity contribution in [3.63, 3.8) is 0 Å². The average molecular weight is 384 g/mol. The normalized spacial score (nSPS) is 10.7. The Morgan fingerprint density at radius 1 is 1.08 bits per heavy atom. The van der Waals surface area contributed by atoms with E-state index in [1.807, 2.05) is 31.2 Å². The molecule has 4 nitrogen and oxygen atoms in total. The Balaban J connectivity index is 2.14. The predicted molar refractivity (Wildman–Crippen MR) is 102 cm³/mol. The van der Waals surface area contributed by atoms with Crippen molar-refractivity contribution in [1.29, 1.82) is 0 Å². The number of benzene rings is 2. The number of nitrogens with one attached hydrogen (secondary N) is 1. The summed E-state index contributed by atoms with van der Waals surface area (Å²) in [7, 11) is 0. The summed E-state index contributed by atoms with van der Waals surface area (Å²) in [5.74, 6) is 1.40. The lowest BCUT2D eigenvalue weighted by molar-refractivity contribution is 0.265. The molecule has 0 fully saturated rings. The molecule has 2 rings (SSSR count). The number of aliphatic hydroxyl groups excluding tert-OH is 1. The van der Waals surface area contributed by atoms with Crippen LogP contribution in [0.15, 0.2) is 36.4 Å². The van der Waals surface area contributed by atoms with Crippen LogP contribution in [0.1, 0.15) is 24.5 Å². The van der Waals surface area contributed by atoms with Gasteiger partial charge in [0.2, 0.25) is 0 Å². The van der Waals surface area contributed by atoms with E-state index in [1.54, 1.807) is 12.1 Å². The van der Waals surface area contributed by atoms with Crippen LogP contribution in [0.4, 0.5) is 0 Å². The molecule has 6 heteroatoms. The van der Waals surface area contributed by atoms with Crippen LogP contribution >= 0.6 is 23.2 Å². The summed E-state index contributed by atoms with van der Waals surface area (Å²) < 4.78 is 11.7. The third kappa shape index (κ3) is 6.08. The van der Waals surface area contributed by atoms with Crippen LogP contribution in [-0.2, 0) is 13.2 Å². The Labute approximate surface area is 158 Å². The van der Waals surface area contributed by atoms with Crippen LogP contribution in [0.3, 0.4) is 0 Å². The summed E-state index contributed by atoms with van der Waals surface area (Å²) in [4.78, 5) is 0. The van der Waals surface area contributed by atoms with Gasteiger partial charge in [0.05, 0.1) is 6.61 Å². The van der Waals surface area contributed by atoms with Gasteiger partial charge in [-0.1, -0.05) is 41.4 Å². The Hall–Kier alpha value is -1.46. The monoisotopic (exact) mass is 383 g/mol. The van der Waals surface area contributed by atoms with Gasteiger partial charge < -0.3 is 19.9 Å². The summed E-state index contributed by atoms with van der Waals surface area (Å²) in [6, 6.07) is 11.2. The van der Waals surface area contributed by atoms with Gasteiger partial charge in [0.1, 0.15) is 6.61 Å². The minimum atomic E-state index is 0.171. The SMILES string of the molecule is CCOc1cccc(CNCCCO)c1OCc1ccc(Cl)cc1Cl. The molecule has 0 heterocycles. The number of para-hydroxylation sites is 1. The molecule has 136 valence electrons. The van der Waals surface area contributed by atoms with Gasteiger partial charge in [-0.05, 0) is 38.1 Å². The molecule has 25 heavy (non-hydrogen) atoms. The van der Waals surface area contributed by atoms with E-state index in [4.69, 9.17) is 37.8 Å². The number of aliphatic hydroxyl groups is 1. The Bertz CT molecular complexity index is 680. The van der Waals surface area contributed by atoms with Gasteiger partial charge in [0, 0.05) is 34.3 Å². The smallest absolute Gasteiger partial charge is 0.166 e. The number of rotatable bonds is 10. The summed E-state index contributed by atoms with van der Waals surface area (Å²) in [5, 5.41) is 13.3. The van der Waals surface area contributed by atoms with E-state index in [0.717, 1.165) is 17.7 Å². The Kier molecular flexibility index (Phi) is 8.35. The van der Waals surface area contributed by atoms with Gasteiger partial charge in [-0.2, -0.15) is 0 Å². The first-order valence-electron chi connectivity index (χ1n) is 8.28. The zero-order chi connectivity index (χ0) is 18.1. The fourth-order valence-corrected chi connectivity index (χ4v) is 2.81. The third-order valence-electron chi connectivity index (χ3n) is 3.57. The van der Waals surface area contributed by atoms with Crippen molar-refractivity contribution in [3.05, 3.63) is 57.6 Å². The highest BCUT2D eigenvalue weighted by atomic mass is 35.5. The van der Waals surface area contributed by atoms with Gasteiger partial charge in [-0.15, -0.1) is 0 Å². The summed E-state index contributed by atoms with van der Waals surface area (Å²) in [6.45, 7) is 4.35. The first kappa shape index (κ1) is 19.9. The maximum atomic E-state index is 8.88. The average Bonchev–Trinajstić information content (AvgIpc) is 2.59. The molecule has 0 saturated carbocycles. The zero-order valence-electron chi connectivity index (χ0n) is 14.2. The zero-order valence-corrected chi connectivity index (χ0v) is 15.7. The van der Waals surface area contributed by atoms with Crippen molar-refractivity contribution in [1.82, 2.24) is 5.32 Å². The van der Waals surface area contributed by atoms with E-state index >= 15 is 0 Å². The molecule has 2 N–H and O–H groups in total. The van der Waals surface area contributed by atoms with Gasteiger partial charge >= 0.3 is 0 Å². The lowest BCUT2D eigenvalue weighted by Crippen LogP contribution is -2.16. The highest BCUT2D eigenvalue weighted by Crippen LogP contribution is 2.33. The van der Waals surface area contributed by atoms with E-state index in [2.05, 4.69) is 5.32 Å². The van der Waals surface area contributed by atoms with Crippen molar-refractivity contribution in [2.24, 2.45) is 0 Å². The second-order valence-corrected chi connectivity index (χ2v) is 6.30. The number of hydrogen-bond donors (Lipinski definition) is 2. The lowest BCUT2D eigenvalue weighted by atomic mass is 10.1. The fourth-order valence-electron chi connectivity index (χ4n) is 2.35. The van der Waals surface area contributed by atoms with Crippen molar-refractivity contribution < 1.29 is 14.6 Å². The van der Waals surface area contributed by atoms with Gasteiger partial charge in [0.25, 0.3) is 0 Å². The molecule has 0 aromatic heterocycles. The van der Waals surface area contributed by atoms with E-state index in [1.165, 1.54) is 0 Å². The largest absolute Gasteiger partial charge is 0.490 e. The van der Waals surface area contributed by atoms with Crippen molar-refractivity contribution >= 4 is 23.2 Å². The molecular weight excluding hydrogens is 361 g/mol. The van der Waals surface area contributed by atoms with Gasteiger partial charge in [-0.3, -0.25) is 0 Å². The quantitative estimate of drug-likeness (QED) is 0.595. The molecule has 0 aliphatic heterocycles. The molecule has 0 radical (unpaired) electrons. The molecule has 0 bridgehead atoms. The standard InChI is InChI=1S/C19H23Cl2NO3/c1-2-24-18-6-3-5-14(12-22-9-4-10-23)19(18)25-13-15-7-8-16(20)11-17(15)21/h3,5-8,11,22-23H,2,4,9-10,12-13H2,1H3. The Morgan fingerprint density at radius 2 is 1.92 bits per heavy atom. The highest BCUT2D eigenvalue weighted by Gasteiger charge is 2.12. The maximum absolute atomic E-state index is 8.88. The van der Waals surface area contributed by atoms with E-state index in [-0.39, 0.29) is 6.61 Å². The highest BCUT2D eigenvalue weighted by molar-refractivity contribution is 6.35. The molecule has 0 unspecified atom stereocenters. The van der Waals surface area contributed by atoms with Crippen molar-refractivity contribution in [3.8, 4) is 11.5 Å². The van der Waals surface area contributed by atoms with Crippen LogP contribution in [0.25, 0.3) is 0 Å². The van der Waals surface area contributed by atoms with Crippen LogP contribution in [-0.4, -0.2) is 24.9 Å². The van der Waals surface area contributed by atoms with Gasteiger partial charge in [-0.25, -0.2) is 0 Å². The summed E-state index contributed by atoms with van der Waals surface area (Å²) >= 11 is 12.2. The van der Waals surface area contributed by atoms with Crippen molar-refractivity contribution in [2.75, 3.05) is 19.8 Å². The minimum absolute atomic E-state index is 0.171. The molecule has 0 saturated heterocycles. The summed E-state index contributed by atoms with van der Waals surface area (Å²) in [5.41, 5.74) is 1.85. The second kappa shape index (κ2) is 10.5. The molecule has 2 aromatic rings. The van der Waals surface area contributed by atoms with Crippen LogP contribution in [0.2, 0.25) is 10.0 Å². The number of hydrogen-bond acceptors (Lipinski definition) is 4. The summed E-state index contributed by atoms with van der Waals surface area (Å²) in [6.07, 6.45) is 0.710. The van der Waals surface area contributed by atoms with Crippen molar-refractivity contribution in [2.45, 2.75) is 26.5 Å². The molecule has 0 atom stereocenters. The fraction of sp³-hybridized carbons (Fsp3) is 0.368. The maximum Gasteiger partial charge on any atom is 0.166 e. The van der Waals surface area contributed by atoms with Crippen LogP contribution in [0.5, 0.6) is 11.5 Å². The number of halogens is 2. The first-order valence-corrected chi connectivity index (χ1v) is 9.04. The molecule has 2 aromatic carbocycles. The molecule has 0 aliphatic rings. The van der Waals surface area contributed by atoms with E-state index in [9.17, 15) is 0 Å². The molecule has 0 amide bonds. The molecule has 0 spiro atoms. The Morgan fingerprint density at radius 3 is 2.64 bits per heavy atom. The first-order chi connectivity index (χ1) is 12.2. The molecule has 0 aliphatic carbocycles. The second-order valence-electron chi connectivity index (χ2n) is 5.46. The third-order valence-corrected chi connectivity index (χ3v) is 4.16. The molecular formula is C19H23Cl2NO3. The lowest BCUT2D eigenvalue weighted by Gasteiger charge is -2.17. The van der Waals surface area contributed by atoms with Crippen LogP contribution in [0, 0.1) is 0 Å².